The van der Waals surface area contributed by atoms with E-state index in [4.69, 9.17) is 0 Å². The Balaban J connectivity index is 1.17. The zero-order valence-electron chi connectivity index (χ0n) is 24.8. The second-order valence-corrected chi connectivity index (χ2v) is 15.8. The molecule has 42 heavy (non-hydrogen) atoms. The van der Waals surface area contributed by atoms with Crippen LogP contribution in [0.4, 0.5) is 0 Å². The van der Waals surface area contributed by atoms with Crippen LogP contribution in [0.25, 0.3) is 53.9 Å². The molecule has 0 atom stereocenters. The molecule has 0 fully saturated rings. The Morgan fingerprint density at radius 1 is 0.476 bits per heavy atom. The second kappa shape index (κ2) is 14.3. The van der Waals surface area contributed by atoms with Crippen molar-refractivity contribution in [2.75, 3.05) is 0 Å². The van der Waals surface area contributed by atoms with Crippen molar-refractivity contribution in [2.24, 2.45) is 0 Å². The van der Waals surface area contributed by atoms with Crippen LogP contribution < -0.4 is 0 Å². The Bertz CT molecular complexity index is 1680. The van der Waals surface area contributed by atoms with E-state index < -0.39 is 0 Å². The van der Waals surface area contributed by atoms with Gasteiger partial charge in [-0.15, -0.1) is 45.3 Å². The predicted molar refractivity (Wildman–Crippen MR) is 197 cm³/mol. The van der Waals surface area contributed by atoms with Gasteiger partial charge in [-0.05, 0) is 97.5 Å². The van der Waals surface area contributed by atoms with Crippen LogP contribution in [0, 0.1) is 0 Å². The summed E-state index contributed by atoms with van der Waals surface area (Å²) in [6.45, 7) is 4.55. The highest BCUT2D eigenvalue weighted by Gasteiger charge is 2.12. The van der Waals surface area contributed by atoms with E-state index in [0.29, 0.717) is 0 Å². The van der Waals surface area contributed by atoms with Gasteiger partial charge in [0.25, 0.3) is 0 Å². The number of fused-ring (bicyclic) bond motifs is 5. The van der Waals surface area contributed by atoms with Crippen molar-refractivity contribution in [3.05, 3.63) is 91.3 Å². The van der Waals surface area contributed by atoms with E-state index in [9.17, 15) is 0 Å². The number of rotatable bonds is 14. The minimum atomic E-state index is 1.22. The average Bonchev–Trinajstić information content (AvgIpc) is 3.80. The molecule has 4 aromatic heterocycles. The summed E-state index contributed by atoms with van der Waals surface area (Å²) in [5.41, 5.74) is 2.56. The largest absolute Gasteiger partial charge is 0.141 e. The standard InChI is InChI=1S/C38H40S4/c1-3-5-7-9-11-29-19-21-31(39-29)17-13-27-15-23-35-33(25-27)37-38(41-35)34-26-28(16-24-36(34)42-37)14-18-32-22-20-30(40-32)12-10-8-6-4-2/h13-26H,3-12H2,1-2H3/b17-13+,18-14+. The Morgan fingerprint density at radius 3 is 1.40 bits per heavy atom. The third kappa shape index (κ3) is 7.17. The van der Waals surface area contributed by atoms with Gasteiger partial charge in [0.05, 0.1) is 9.40 Å². The van der Waals surface area contributed by atoms with Crippen LogP contribution in [-0.2, 0) is 12.8 Å². The van der Waals surface area contributed by atoms with Crippen molar-refractivity contribution in [1.29, 1.82) is 0 Å². The van der Waals surface area contributed by atoms with Crippen LogP contribution in [-0.4, -0.2) is 0 Å². The van der Waals surface area contributed by atoms with Crippen LogP contribution >= 0.6 is 45.3 Å². The van der Waals surface area contributed by atoms with Crippen molar-refractivity contribution in [1.82, 2.24) is 0 Å². The molecule has 0 unspecified atom stereocenters. The minimum absolute atomic E-state index is 1.22. The van der Waals surface area contributed by atoms with E-state index in [1.807, 2.05) is 45.3 Å². The second-order valence-electron chi connectivity index (χ2n) is 11.3. The summed E-state index contributed by atoms with van der Waals surface area (Å²) in [5, 5.41) is 2.78. The third-order valence-electron chi connectivity index (χ3n) is 7.93. The summed E-state index contributed by atoms with van der Waals surface area (Å²) in [7, 11) is 0. The molecule has 0 saturated carbocycles. The Hall–Kier alpha value is -2.50. The van der Waals surface area contributed by atoms with E-state index in [1.54, 1.807) is 0 Å². The molecule has 0 amide bonds. The van der Waals surface area contributed by atoms with Gasteiger partial charge < -0.3 is 0 Å². The van der Waals surface area contributed by atoms with Gasteiger partial charge >= 0.3 is 0 Å². The first-order valence-corrected chi connectivity index (χ1v) is 18.9. The summed E-state index contributed by atoms with van der Waals surface area (Å²) in [6, 6.07) is 23.1. The molecule has 0 saturated heterocycles. The van der Waals surface area contributed by atoms with E-state index >= 15 is 0 Å². The monoisotopic (exact) mass is 624 g/mol. The number of aryl methyl sites for hydroxylation is 2. The van der Waals surface area contributed by atoms with Crippen molar-refractivity contribution in [3.8, 4) is 0 Å². The molecule has 4 heteroatoms. The molecule has 2 aromatic carbocycles. The van der Waals surface area contributed by atoms with Gasteiger partial charge in [0, 0.05) is 39.7 Å². The first kappa shape index (κ1) is 29.6. The smallest absolute Gasteiger partial charge is 0.0542 e. The summed E-state index contributed by atoms with van der Waals surface area (Å²) < 4.78 is 5.62. The van der Waals surface area contributed by atoms with Crippen molar-refractivity contribution in [3.63, 3.8) is 0 Å². The molecule has 0 N–H and O–H groups in total. The van der Waals surface area contributed by atoms with E-state index in [0.717, 1.165) is 0 Å². The van der Waals surface area contributed by atoms with E-state index in [2.05, 4.69) is 98.8 Å². The molecule has 0 radical (unpaired) electrons. The topological polar surface area (TPSA) is 0 Å². The Labute approximate surface area is 267 Å². The highest BCUT2D eigenvalue weighted by molar-refractivity contribution is 7.36. The quantitative estimate of drug-likeness (QED) is 0.106. The van der Waals surface area contributed by atoms with Crippen molar-refractivity contribution >= 4 is 99.2 Å². The van der Waals surface area contributed by atoms with Gasteiger partial charge in [0.2, 0.25) is 0 Å². The van der Waals surface area contributed by atoms with E-state index in [-0.39, 0.29) is 0 Å². The van der Waals surface area contributed by atoms with Crippen LogP contribution in [0.15, 0.2) is 60.7 Å². The summed E-state index contributed by atoms with van der Waals surface area (Å²) in [5.74, 6) is 0. The van der Waals surface area contributed by atoms with Crippen LogP contribution in [0.5, 0.6) is 0 Å². The number of unbranched alkanes of at least 4 members (excludes halogenated alkanes) is 6. The Kier molecular flexibility index (Phi) is 10.1. The maximum Gasteiger partial charge on any atom is 0.0542 e. The molecule has 6 aromatic rings. The minimum Gasteiger partial charge on any atom is -0.141 e. The summed E-state index contributed by atoms with van der Waals surface area (Å²) in [6.07, 6.45) is 22.2. The van der Waals surface area contributed by atoms with Gasteiger partial charge in [-0.2, -0.15) is 0 Å². The highest BCUT2D eigenvalue weighted by atomic mass is 32.1. The fourth-order valence-corrected chi connectivity index (χ4v) is 10.1. The molecule has 0 spiro atoms. The van der Waals surface area contributed by atoms with Crippen LogP contribution in [0.1, 0.15) is 95.8 Å². The van der Waals surface area contributed by atoms with Crippen LogP contribution in [0.3, 0.4) is 0 Å². The molecule has 0 aliphatic rings. The molecular formula is C38H40S4. The SMILES string of the molecule is CCCCCCc1ccc(/C=C/c2ccc3sc4c5cc(/C=C/c6ccc(CCCCCC)s6)ccc5sc4c3c2)s1. The highest BCUT2D eigenvalue weighted by Crippen LogP contribution is 2.45. The van der Waals surface area contributed by atoms with Gasteiger partial charge in [0.15, 0.2) is 0 Å². The molecule has 0 aliphatic carbocycles. The first-order chi connectivity index (χ1) is 20.7. The third-order valence-corrected chi connectivity index (χ3v) is 12.7. The lowest BCUT2D eigenvalue weighted by molar-refractivity contribution is 0.670. The maximum atomic E-state index is 2.39. The maximum absolute atomic E-state index is 2.39. The number of benzene rings is 2. The Morgan fingerprint density at radius 2 is 0.952 bits per heavy atom. The summed E-state index contributed by atoms with van der Waals surface area (Å²) >= 11 is 7.76. The van der Waals surface area contributed by atoms with Gasteiger partial charge in [-0.3, -0.25) is 0 Å². The molecule has 4 heterocycles. The van der Waals surface area contributed by atoms with Gasteiger partial charge in [-0.1, -0.05) is 76.7 Å². The van der Waals surface area contributed by atoms with Gasteiger partial charge in [0.1, 0.15) is 0 Å². The van der Waals surface area contributed by atoms with Crippen molar-refractivity contribution < 1.29 is 0 Å². The molecule has 216 valence electrons. The van der Waals surface area contributed by atoms with Gasteiger partial charge in [-0.25, -0.2) is 0 Å². The molecule has 6 rings (SSSR count). The molecule has 0 nitrogen and oxygen atoms in total. The molecular weight excluding hydrogens is 585 g/mol. The van der Waals surface area contributed by atoms with Crippen LogP contribution in [0.2, 0.25) is 0 Å². The van der Waals surface area contributed by atoms with Crippen molar-refractivity contribution in [2.45, 2.75) is 78.1 Å². The normalized spacial score (nSPS) is 12.3. The first-order valence-electron chi connectivity index (χ1n) is 15.6. The number of hydrogen-bond donors (Lipinski definition) is 0. The number of hydrogen-bond acceptors (Lipinski definition) is 4. The molecule has 0 bridgehead atoms. The lowest BCUT2D eigenvalue weighted by atomic mass is 10.1. The lowest BCUT2D eigenvalue weighted by Gasteiger charge is -1.97. The predicted octanol–water partition coefficient (Wildman–Crippen LogP) is 14.0. The fraction of sp³-hybridized carbons (Fsp3) is 0.316. The molecule has 0 aliphatic heterocycles. The fourth-order valence-electron chi connectivity index (χ4n) is 5.55. The lowest BCUT2D eigenvalue weighted by Crippen LogP contribution is -1.80. The number of thiophene rings is 4. The summed E-state index contributed by atoms with van der Waals surface area (Å²) in [4.78, 5) is 5.73. The average molecular weight is 625 g/mol. The van der Waals surface area contributed by atoms with E-state index in [1.165, 1.54) is 124 Å². The zero-order valence-corrected chi connectivity index (χ0v) is 28.1. The zero-order chi connectivity index (χ0) is 28.7.